The molecule has 0 amide bonds. The first kappa shape index (κ1) is 29.4. The summed E-state index contributed by atoms with van der Waals surface area (Å²) in [5.41, 5.74) is 0. The standard InChI is InChI=1S/C35H72O3/c1-3-5-7-9-11-13-15-17-19-21-23-25-27-29-31-37-34-35(33-36)38-32-30-28-26-24-22-20-18-16-14-12-10-8-6-4-2/h35-36H,3-34H2,1-2H3/t35-/m0/s1/i33D2,34D2,35D. The van der Waals surface area contributed by atoms with Crippen LogP contribution in [0.15, 0.2) is 0 Å². The van der Waals surface area contributed by atoms with Crippen molar-refractivity contribution in [1.82, 2.24) is 0 Å². The Hall–Kier alpha value is -0.120. The van der Waals surface area contributed by atoms with Gasteiger partial charge in [0.2, 0.25) is 0 Å². The normalized spacial score (nSPS) is 15.9. The predicted molar refractivity (Wildman–Crippen MR) is 168 cm³/mol. The average Bonchev–Trinajstić information content (AvgIpc) is 2.96. The second-order valence-corrected chi connectivity index (χ2v) is 11.4. The monoisotopic (exact) mass is 546 g/mol. The van der Waals surface area contributed by atoms with Crippen LogP contribution in [0.1, 0.15) is 200 Å². The quantitative estimate of drug-likeness (QED) is 0.0817. The zero-order valence-corrected chi connectivity index (χ0v) is 26.0. The minimum Gasteiger partial charge on any atom is -0.394 e. The highest BCUT2D eigenvalue weighted by atomic mass is 16.5. The van der Waals surface area contributed by atoms with Crippen molar-refractivity contribution < 1.29 is 21.4 Å². The van der Waals surface area contributed by atoms with E-state index in [-0.39, 0.29) is 13.2 Å². The second kappa shape index (κ2) is 34.9. The van der Waals surface area contributed by atoms with Crippen molar-refractivity contribution in [3.05, 3.63) is 0 Å². The fourth-order valence-corrected chi connectivity index (χ4v) is 5.04. The molecule has 0 saturated carbocycles. The molecule has 3 nitrogen and oxygen atoms in total. The van der Waals surface area contributed by atoms with Gasteiger partial charge in [-0.05, 0) is 12.8 Å². The smallest absolute Gasteiger partial charge is 0.104 e. The maximum absolute atomic E-state index is 10.0. The topological polar surface area (TPSA) is 38.7 Å². The molecule has 0 unspecified atom stereocenters. The summed E-state index contributed by atoms with van der Waals surface area (Å²) in [6.45, 7) is -1.36. The molecule has 38 heavy (non-hydrogen) atoms. The average molecular weight is 546 g/mol. The molecule has 0 bridgehead atoms. The molecular weight excluding hydrogens is 468 g/mol. The zero-order valence-electron chi connectivity index (χ0n) is 31.0. The van der Waals surface area contributed by atoms with Crippen molar-refractivity contribution in [2.75, 3.05) is 26.3 Å². The van der Waals surface area contributed by atoms with Gasteiger partial charge in [0.25, 0.3) is 0 Å². The van der Waals surface area contributed by atoms with Gasteiger partial charge in [-0.15, -0.1) is 0 Å². The first-order chi connectivity index (χ1) is 20.6. The van der Waals surface area contributed by atoms with Crippen LogP contribution in [0.4, 0.5) is 0 Å². The third-order valence-corrected chi connectivity index (χ3v) is 7.61. The van der Waals surface area contributed by atoms with Crippen LogP contribution in [0.5, 0.6) is 0 Å². The fourth-order valence-electron chi connectivity index (χ4n) is 5.04. The van der Waals surface area contributed by atoms with E-state index in [1.165, 1.54) is 128 Å². The maximum Gasteiger partial charge on any atom is 0.104 e. The number of ether oxygens (including phenoxy) is 2. The number of hydrogen-bond acceptors (Lipinski definition) is 3. The molecule has 230 valence electrons. The van der Waals surface area contributed by atoms with Crippen molar-refractivity contribution in [2.45, 2.75) is 200 Å². The van der Waals surface area contributed by atoms with Crippen molar-refractivity contribution >= 4 is 0 Å². The molecule has 0 aromatic carbocycles. The van der Waals surface area contributed by atoms with E-state index in [1.807, 2.05) is 0 Å². The minimum absolute atomic E-state index is 0.0172. The third kappa shape index (κ3) is 32.1. The molecule has 0 aromatic rings. The molecule has 0 aliphatic carbocycles. The van der Waals surface area contributed by atoms with E-state index in [1.54, 1.807) is 0 Å². The van der Waals surface area contributed by atoms with E-state index >= 15 is 0 Å². The molecule has 0 aromatic heterocycles. The van der Waals surface area contributed by atoms with Crippen LogP contribution in [-0.2, 0) is 9.47 Å². The Morgan fingerprint density at radius 1 is 0.474 bits per heavy atom. The summed E-state index contributed by atoms with van der Waals surface area (Å²) in [6.07, 6.45) is 31.2. The Kier molecular flexibility index (Phi) is 27.0. The molecule has 0 radical (unpaired) electrons. The first-order valence-corrected chi connectivity index (χ1v) is 17.1. The van der Waals surface area contributed by atoms with E-state index in [9.17, 15) is 5.11 Å². The molecule has 0 spiro atoms. The van der Waals surface area contributed by atoms with Gasteiger partial charge >= 0.3 is 0 Å². The van der Waals surface area contributed by atoms with Crippen LogP contribution >= 0.6 is 0 Å². The SMILES string of the molecule is [2H]C([2H])(O)[C@]([2H])(OCCCCCCCCCCCCCCCC)C([2H])([2H])OCCCCCCCCCCCCCCCC. The van der Waals surface area contributed by atoms with Gasteiger partial charge in [-0.2, -0.15) is 0 Å². The van der Waals surface area contributed by atoms with Crippen LogP contribution in [0.25, 0.3) is 0 Å². The highest BCUT2D eigenvalue weighted by Gasteiger charge is 2.07. The van der Waals surface area contributed by atoms with Gasteiger partial charge in [0.1, 0.15) is 6.08 Å². The molecule has 0 aliphatic heterocycles. The molecule has 0 heterocycles. The summed E-state index contributed by atoms with van der Waals surface area (Å²) in [4.78, 5) is 0. The minimum atomic E-state index is -3.19. The van der Waals surface area contributed by atoms with Crippen LogP contribution in [0.3, 0.4) is 0 Å². The molecule has 3 heteroatoms. The van der Waals surface area contributed by atoms with Crippen molar-refractivity contribution in [3.63, 3.8) is 0 Å². The molecular formula is C35H72O3. The van der Waals surface area contributed by atoms with Gasteiger partial charge in [-0.3, -0.25) is 0 Å². The molecule has 0 rings (SSSR count). The third-order valence-electron chi connectivity index (χ3n) is 7.61. The van der Waals surface area contributed by atoms with Crippen molar-refractivity contribution in [3.8, 4) is 0 Å². The second-order valence-electron chi connectivity index (χ2n) is 11.4. The molecule has 1 atom stereocenters. The Morgan fingerprint density at radius 3 is 1.08 bits per heavy atom. The Morgan fingerprint density at radius 2 is 0.763 bits per heavy atom. The lowest BCUT2D eigenvalue weighted by Gasteiger charge is -2.15. The largest absolute Gasteiger partial charge is 0.394 e. The summed E-state index contributed by atoms with van der Waals surface area (Å²) >= 11 is 0. The van der Waals surface area contributed by atoms with Crippen LogP contribution in [0.2, 0.25) is 0 Å². The van der Waals surface area contributed by atoms with Crippen LogP contribution in [0, 0.1) is 0 Å². The van der Waals surface area contributed by atoms with Gasteiger partial charge in [0, 0.05) is 13.2 Å². The molecule has 1 N–H and O–H groups in total. The van der Waals surface area contributed by atoms with Crippen molar-refractivity contribution in [1.29, 1.82) is 0 Å². The zero-order chi connectivity index (χ0) is 32.1. The maximum atomic E-state index is 10.0. The van der Waals surface area contributed by atoms with E-state index in [0.29, 0.717) is 12.8 Å². The van der Waals surface area contributed by atoms with E-state index in [0.717, 1.165) is 38.5 Å². The number of aliphatic hydroxyl groups is 1. The lowest BCUT2D eigenvalue weighted by molar-refractivity contribution is -0.0437. The fraction of sp³-hybridized carbons (Fsp3) is 1.00. The van der Waals surface area contributed by atoms with Crippen LogP contribution in [-0.4, -0.2) is 37.5 Å². The molecule has 0 aliphatic rings. The lowest BCUT2D eigenvalue weighted by Crippen LogP contribution is -2.24. The summed E-state index contributed by atoms with van der Waals surface area (Å²) in [5, 5.41) is 10.0. The van der Waals surface area contributed by atoms with Gasteiger partial charge in [-0.1, -0.05) is 181 Å². The molecule has 0 fully saturated rings. The first-order valence-electron chi connectivity index (χ1n) is 19.6. The Labute approximate surface area is 247 Å². The predicted octanol–water partition coefficient (Wildman–Crippen LogP) is 11.3. The summed E-state index contributed by atoms with van der Waals surface area (Å²) in [6, 6.07) is 0. The van der Waals surface area contributed by atoms with Gasteiger partial charge < -0.3 is 14.6 Å². The summed E-state index contributed by atoms with van der Waals surface area (Å²) < 4.78 is 50.9. The lowest BCUT2D eigenvalue weighted by atomic mass is 10.0. The Balaban J connectivity index is 3.94. The van der Waals surface area contributed by atoms with Gasteiger partial charge in [-0.25, -0.2) is 0 Å². The number of rotatable bonds is 34. The summed E-state index contributed by atoms with van der Waals surface area (Å²) in [7, 11) is 0. The number of hydrogen-bond donors (Lipinski definition) is 1. The van der Waals surface area contributed by atoms with Crippen molar-refractivity contribution in [2.24, 2.45) is 0 Å². The van der Waals surface area contributed by atoms with Gasteiger partial charge in [0.15, 0.2) is 0 Å². The van der Waals surface area contributed by atoms with Crippen LogP contribution < -0.4 is 0 Å². The molecule has 0 saturated heterocycles. The highest BCUT2D eigenvalue weighted by Crippen LogP contribution is 2.14. The number of unbranched alkanes of at least 4 members (excludes halogenated alkanes) is 26. The van der Waals surface area contributed by atoms with E-state index < -0.39 is 19.2 Å². The van der Waals surface area contributed by atoms with Gasteiger partial charge in [0.05, 0.1) is 20.0 Å². The Bertz CT molecular complexity index is 588. The summed E-state index contributed by atoms with van der Waals surface area (Å²) in [5.74, 6) is 0. The van der Waals surface area contributed by atoms with E-state index in [2.05, 4.69) is 13.8 Å². The van der Waals surface area contributed by atoms with E-state index in [4.69, 9.17) is 16.3 Å². The highest BCUT2D eigenvalue weighted by molar-refractivity contribution is 4.56.